The minimum absolute atomic E-state index is 0.216. The van der Waals surface area contributed by atoms with E-state index in [0.29, 0.717) is 12.0 Å². The summed E-state index contributed by atoms with van der Waals surface area (Å²) in [5.74, 6) is -10.6. The number of rotatable bonds is 4. The molecule has 0 saturated heterocycles. The number of anilines is 1. The van der Waals surface area contributed by atoms with E-state index in [9.17, 15) is 26.3 Å². The maximum Gasteiger partial charge on any atom is 0.200 e. The molecule has 1 nitrogen and oxygen atoms in total. The summed E-state index contributed by atoms with van der Waals surface area (Å²) in [5, 5.41) is 0. The molecule has 8 heteroatoms. The Labute approximate surface area is 133 Å². The third kappa shape index (κ3) is 3.26. The average Bonchev–Trinajstić information content (AvgIpc) is 2.54. The molecule has 2 aromatic rings. The molecule has 2 rings (SSSR count). The molecule has 0 N–H and O–H groups in total. The smallest absolute Gasteiger partial charge is 0.200 e. The van der Waals surface area contributed by atoms with Gasteiger partial charge in [0.2, 0.25) is 5.82 Å². The number of benzene rings is 2. The van der Waals surface area contributed by atoms with E-state index in [1.807, 2.05) is 0 Å². The van der Waals surface area contributed by atoms with Gasteiger partial charge in [-0.05, 0) is 36.1 Å². The zero-order valence-electron chi connectivity index (χ0n) is 12.1. The first-order valence-corrected chi connectivity index (χ1v) is 7.26. The number of hydrogen-bond donors (Lipinski definition) is 0. The monoisotopic (exact) mass is 351 g/mol. The lowest BCUT2D eigenvalue weighted by Gasteiger charge is -2.19. The second-order valence-corrected chi connectivity index (χ2v) is 5.76. The van der Waals surface area contributed by atoms with Gasteiger partial charge in [-0.15, -0.1) is 0 Å². The van der Waals surface area contributed by atoms with Crippen molar-refractivity contribution in [1.29, 1.82) is 0 Å². The fourth-order valence-electron chi connectivity index (χ4n) is 1.87. The van der Waals surface area contributed by atoms with Crippen LogP contribution >= 0.6 is 11.9 Å². The minimum Gasteiger partial charge on any atom is -0.315 e. The van der Waals surface area contributed by atoms with E-state index in [0.717, 1.165) is 10.4 Å². The van der Waals surface area contributed by atoms with Crippen LogP contribution in [0.4, 0.5) is 32.0 Å². The largest absolute Gasteiger partial charge is 0.315 e. The van der Waals surface area contributed by atoms with Gasteiger partial charge in [-0.1, -0.05) is 13.0 Å². The summed E-state index contributed by atoms with van der Waals surface area (Å²) in [6.07, 6.45) is 0.459. The normalized spacial score (nSPS) is 11.0. The summed E-state index contributed by atoms with van der Waals surface area (Å²) in [7, 11) is 1.32. The van der Waals surface area contributed by atoms with Crippen LogP contribution in [0.3, 0.4) is 0 Å². The van der Waals surface area contributed by atoms with Crippen molar-refractivity contribution in [1.82, 2.24) is 0 Å². The first-order chi connectivity index (χ1) is 10.8. The standard InChI is InChI=1S/C15H11F6NS/c1-3-7-4-5-8(6-9(7)16)22(2)23-15-13(20)11(18)10(17)12(19)14(15)21/h4-6H,3H2,1-2H3. The summed E-state index contributed by atoms with van der Waals surface area (Å²) in [6, 6.07) is 4.10. The summed E-state index contributed by atoms with van der Waals surface area (Å²) in [6.45, 7) is 1.76. The van der Waals surface area contributed by atoms with Crippen molar-refractivity contribution in [3.63, 3.8) is 0 Å². The van der Waals surface area contributed by atoms with Crippen LogP contribution in [0.5, 0.6) is 0 Å². The van der Waals surface area contributed by atoms with Crippen LogP contribution in [0.1, 0.15) is 12.5 Å². The molecule has 0 bridgehead atoms. The molecule has 0 aromatic heterocycles. The van der Waals surface area contributed by atoms with E-state index in [1.165, 1.54) is 19.2 Å². The fraction of sp³-hybridized carbons (Fsp3) is 0.200. The van der Waals surface area contributed by atoms with Gasteiger partial charge in [0, 0.05) is 12.7 Å². The van der Waals surface area contributed by atoms with Crippen LogP contribution in [0.2, 0.25) is 0 Å². The molecule has 0 unspecified atom stereocenters. The van der Waals surface area contributed by atoms with Crippen LogP contribution in [-0.2, 0) is 6.42 Å². The van der Waals surface area contributed by atoms with Crippen molar-refractivity contribution in [2.24, 2.45) is 0 Å². The zero-order chi connectivity index (χ0) is 17.3. The lowest BCUT2D eigenvalue weighted by atomic mass is 10.1. The fourth-order valence-corrected chi connectivity index (χ4v) is 2.71. The Morgan fingerprint density at radius 1 is 0.870 bits per heavy atom. The predicted octanol–water partition coefficient (Wildman–Crippen LogP) is 5.23. The maximum absolute atomic E-state index is 13.7. The van der Waals surface area contributed by atoms with Gasteiger partial charge >= 0.3 is 0 Å². The molecule has 0 aliphatic rings. The highest BCUT2D eigenvalue weighted by Crippen LogP contribution is 2.35. The average molecular weight is 351 g/mol. The zero-order valence-corrected chi connectivity index (χ0v) is 12.9. The van der Waals surface area contributed by atoms with Crippen LogP contribution in [0.25, 0.3) is 0 Å². The molecular weight excluding hydrogens is 340 g/mol. The van der Waals surface area contributed by atoms with E-state index >= 15 is 0 Å². The summed E-state index contributed by atoms with van der Waals surface area (Å²) in [4.78, 5) is -1.05. The highest BCUT2D eigenvalue weighted by molar-refractivity contribution is 8.00. The highest BCUT2D eigenvalue weighted by Gasteiger charge is 2.27. The first kappa shape index (κ1) is 17.5. The van der Waals surface area contributed by atoms with Crippen molar-refractivity contribution >= 4 is 17.6 Å². The third-order valence-corrected chi connectivity index (χ3v) is 4.20. The van der Waals surface area contributed by atoms with Crippen molar-refractivity contribution in [3.8, 4) is 0 Å². The predicted molar refractivity (Wildman–Crippen MR) is 76.3 cm³/mol. The molecule has 23 heavy (non-hydrogen) atoms. The van der Waals surface area contributed by atoms with Gasteiger partial charge in [0.05, 0.1) is 0 Å². The molecule has 0 amide bonds. The number of aryl methyl sites for hydroxylation is 1. The number of nitrogens with zero attached hydrogens (tertiary/aromatic N) is 1. The molecule has 2 aromatic carbocycles. The number of halogens is 6. The van der Waals surface area contributed by atoms with Crippen LogP contribution < -0.4 is 4.31 Å². The first-order valence-electron chi connectivity index (χ1n) is 6.49. The summed E-state index contributed by atoms with van der Waals surface area (Å²) >= 11 is 0.279. The van der Waals surface area contributed by atoms with Gasteiger partial charge in [-0.2, -0.15) is 0 Å². The van der Waals surface area contributed by atoms with Gasteiger partial charge in [0.1, 0.15) is 10.7 Å². The molecule has 0 atom stereocenters. The third-order valence-electron chi connectivity index (χ3n) is 3.18. The van der Waals surface area contributed by atoms with E-state index in [-0.39, 0.29) is 17.6 Å². The van der Waals surface area contributed by atoms with Crippen LogP contribution in [0.15, 0.2) is 23.1 Å². The van der Waals surface area contributed by atoms with Crippen molar-refractivity contribution in [3.05, 3.63) is 58.7 Å². The maximum atomic E-state index is 13.7. The molecular formula is C15H11F6NS. The Morgan fingerprint density at radius 3 is 1.87 bits per heavy atom. The summed E-state index contributed by atoms with van der Waals surface area (Å²) < 4.78 is 81.4. The molecule has 0 aliphatic carbocycles. The molecule has 0 radical (unpaired) electrons. The second-order valence-electron chi connectivity index (χ2n) is 4.62. The van der Waals surface area contributed by atoms with Crippen molar-refractivity contribution in [2.75, 3.05) is 11.4 Å². The van der Waals surface area contributed by atoms with E-state index in [1.54, 1.807) is 6.92 Å². The van der Waals surface area contributed by atoms with Crippen molar-refractivity contribution in [2.45, 2.75) is 18.2 Å². The molecule has 124 valence electrons. The van der Waals surface area contributed by atoms with Gasteiger partial charge in [0.15, 0.2) is 23.3 Å². The SMILES string of the molecule is CCc1ccc(N(C)Sc2c(F)c(F)c(F)c(F)c2F)cc1F. The molecule has 0 saturated carbocycles. The molecule has 0 fully saturated rings. The van der Waals surface area contributed by atoms with Gasteiger partial charge < -0.3 is 4.31 Å². The van der Waals surface area contributed by atoms with Gasteiger partial charge in [-0.3, -0.25) is 0 Å². The quantitative estimate of drug-likeness (QED) is 0.321. The lowest BCUT2D eigenvalue weighted by molar-refractivity contribution is 0.361. The van der Waals surface area contributed by atoms with Crippen molar-refractivity contribution < 1.29 is 26.3 Å². The molecule has 0 spiro atoms. The Kier molecular flexibility index (Phi) is 5.13. The van der Waals surface area contributed by atoms with Crippen LogP contribution in [-0.4, -0.2) is 7.05 Å². The minimum atomic E-state index is -2.22. The molecule has 0 heterocycles. The van der Waals surface area contributed by atoms with E-state index < -0.39 is 39.8 Å². The van der Waals surface area contributed by atoms with E-state index in [2.05, 4.69) is 0 Å². The Hall–Kier alpha value is -1.83. The van der Waals surface area contributed by atoms with E-state index in [4.69, 9.17) is 0 Å². The highest BCUT2D eigenvalue weighted by atomic mass is 32.2. The van der Waals surface area contributed by atoms with Gasteiger partial charge in [-0.25, -0.2) is 26.3 Å². The summed E-state index contributed by atoms with van der Waals surface area (Å²) in [5.41, 5.74) is 0.664. The second kappa shape index (κ2) is 6.74. The number of hydrogen-bond acceptors (Lipinski definition) is 2. The molecule has 0 aliphatic heterocycles. The topological polar surface area (TPSA) is 3.24 Å². The Balaban J connectivity index is 2.38. The van der Waals surface area contributed by atoms with Gasteiger partial charge in [0.25, 0.3) is 0 Å². The Bertz CT molecular complexity index is 720. The lowest BCUT2D eigenvalue weighted by Crippen LogP contribution is -2.11. The van der Waals surface area contributed by atoms with Crippen LogP contribution in [0, 0.1) is 34.9 Å². The Morgan fingerprint density at radius 2 is 1.39 bits per heavy atom.